The summed E-state index contributed by atoms with van der Waals surface area (Å²) in [7, 11) is 0. The van der Waals surface area contributed by atoms with Gasteiger partial charge in [0.2, 0.25) is 0 Å². The number of hydrazine groups is 1. The molecule has 0 radical (unpaired) electrons. The molecular weight excluding hydrogens is 330 g/mol. The molecule has 140 valence electrons. The lowest BCUT2D eigenvalue weighted by molar-refractivity contribution is -0.0617. The number of amides is 1. The average Bonchev–Trinajstić information content (AvgIpc) is 3.27. The molecule has 2 saturated carbocycles. The van der Waals surface area contributed by atoms with Crippen LogP contribution in [-0.2, 0) is 16.1 Å². The Kier molecular flexibility index (Phi) is 4.14. The molecule has 1 aromatic rings. The van der Waals surface area contributed by atoms with E-state index in [-0.39, 0.29) is 17.7 Å². The van der Waals surface area contributed by atoms with E-state index in [1.54, 1.807) is 0 Å². The molecule has 2 aliphatic carbocycles. The Morgan fingerprint density at radius 1 is 1.12 bits per heavy atom. The minimum absolute atomic E-state index is 0.0164. The number of hydrogen-bond donors (Lipinski definition) is 3. The second-order valence-corrected chi connectivity index (χ2v) is 8.27. The Morgan fingerprint density at radius 3 is 2.92 bits per heavy atom. The number of benzene rings is 1. The van der Waals surface area contributed by atoms with Crippen molar-refractivity contribution in [3.63, 3.8) is 0 Å². The number of ether oxygens (including phenoxy) is 2. The van der Waals surface area contributed by atoms with Crippen LogP contribution in [0, 0.1) is 5.92 Å². The summed E-state index contributed by atoms with van der Waals surface area (Å²) in [5.74, 6) is 0.533. The van der Waals surface area contributed by atoms with Crippen LogP contribution < -0.4 is 16.2 Å². The number of carbonyl (C=O) groups is 1. The van der Waals surface area contributed by atoms with Crippen molar-refractivity contribution < 1.29 is 14.3 Å². The van der Waals surface area contributed by atoms with Crippen LogP contribution in [0.4, 0.5) is 4.79 Å². The first-order valence-electron chi connectivity index (χ1n) is 9.89. The standard InChI is InChI=1S/C20H27N3O3/c24-19-21-9-8-20(6-7-20)26-15-4-5-17-16(11-15)18(23-22-17)14-3-1-2-13(10-14)12-25-19/h1-3,10,15-18,22-23H,4-9,11-12H2,(H,21,24). The highest BCUT2D eigenvalue weighted by molar-refractivity contribution is 5.67. The molecule has 1 spiro atoms. The first kappa shape index (κ1) is 16.5. The van der Waals surface area contributed by atoms with Crippen molar-refractivity contribution in [3.8, 4) is 0 Å². The fourth-order valence-electron chi connectivity index (χ4n) is 4.84. The van der Waals surface area contributed by atoms with Crippen LogP contribution in [0.2, 0.25) is 0 Å². The highest BCUT2D eigenvalue weighted by Gasteiger charge is 2.48. The van der Waals surface area contributed by atoms with Gasteiger partial charge in [0.15, 0.2) is 0 Å². The van der Waals surface area contributed by atoms with E-state index >= 15 is 0 Å². The van der Waals surface area contributed by atoms with E-state index in [4.69, 9.17) is 9.47 Å². The van der Waals surface area contributed by atoms with Gasteiger partial charge >= 0.3 is 6.09 Å². The average molecular weight is 357 g/mol. The summed E-state index contributed by atoms with van der Waals surface area (Å²) in [5.41, 5.74) is 9.27. The summed E-state index contributed by atoms with van der Waals surface area (Å²) in [5, 5.41) is 2.87. The summed E-state index contributed by atoms with van der Waals surface area (Å²) in [4.78, 5) is 12.0. The molecule has 3 fully saturated rings. The largest absolute Gasteiger partial charge is 0.445 e. The number of hydrogen-bond acceptors (Lipinski definition) is 5. The molecular formula is C20H27N3O3. The van der Waals surface area contributed by atoms with Crippen LogP contribution >= 0.6 is 0 Å². The Labute approximate surface area is 154 Å². The fraction of sp³-hybridized carbons (Fsp3) is 0.650. The van der Waals surface area contributed by atoms with E-state index in [1.807, 2.05) is 6.07 Å². The summed E-state index contributed by atoms with van der Waals surface area (Å²) in [6, 6.07) is 9.17. The molecule has 4 aliphatic rings. The number of cyclic esters (lactones) is 1. The maximum Gasteiger partial charge on any atom is 0.407 e. The molecule has 3 N–H and O–H groups in total. The van der Waals surface area contributed by atoms with Crippen LogP contribution in [0.1, 0.15) is 55.7 Å². The predicted octanol–water partition coefficient (Wildman–Crippen LogP) is 2.55. The molecule has 26 heavy (non-hydrogen) atoms. The first-order valence-corrected chi connectivity index (χ1v) is 9.89. The molecule has 4 unspecified atom stereocenters. The Hall–Kier alpha value is -1.63. The number of carbonyl (C=O) groups excluding carboxylic acids is 1. The second kappa shape index (κ2) is 6.51. The van der Waals surface area contributed by atoms with E-state index in [1.165, 1.54) is 5.56 Å². The maximum absolute atomic E-state index is 12.0. The third-order valence-corrected chi connectivity index (χ3v) is 6.46. The Morgan fingerprint density at radius 2 is 2.04 bits per heavy atom. The van der Waals surface area contributed by atoms with Gasteiger partial charge in [-0.2, -0.15) is 0 Å². The van der Waals surface area contributed by atoms with Gasteiger partial charge in [0.05, 0.1) is 17.7 Å². The minimum atomic E-state index is -0.347. The van der Waals surface area contributed by atoms with Crippen LogP contribution in [-0.4, -0.2) is 30.4 Å². The third kappa shape index (κ3) is 3.21. The van der Waals surface area contributed by atoms with Gasteiger partial charge in [-0.1, -0.05) is 24.3 Å². The predicted molar refractivity (Wildman–Crippen MR) is 96.2 cm³/mol. The van der Waals surface area contributed by atoms with Gasteiger partial charge in [0, 0.05) is 12.6 Å². The van der Waals surface area contributed by atoms with Crippen LogP contribution in [0.25, 0.3) is 0 Å². The zero-order valence-electron chi connectivity index (χ0n) is 15.0. The molecule has 6 heteroatoms. The van der Waals surface area contributed by atoms with E-state index in [9.17, 15) is 4.79 Å². The smallest absolute Gasteiger partial charge is 0.407 e. The van der Waals surface area contributed by atoms with Crippen molar-refractivity contribution in [2.45, 2.75) is 68.9 Å². The summed E-state index contributed by atoms with van der Waals surface area (Å²) in [6.07, 6.45) is 6.41. The quantitative estimate of drug-likeness (QED) is 0.666. The zero-order chi connectivity index (χ0) is 17.6. The van der Waals surface area contributed by atoms with Gasteiger partial charge < -0.3 is 14.8 Å². The van der Waals surface area contributed by atoms with Crippen molar-refractivity contribution in [2.24, 2.45) is 5.92 Å². The Balaban J connectivity index is 1.42. The summed E-state index contributed by atoms with van der Waals surface area (Å²) in [6.45, 7) is 0.918. The van der Waals surface area contributed by atoms with E-state index < -0.39 is 0 Å². The SMILES string of the molecule is O=C1NCCC2(CC2)OC2CCC3NNC(c4cccc(c4)CO1)C3C2. The van der Waals surface area contributed by atoms with Crippen molar-refractivity contribution in [1.29, 1.82) is 0 Å². The molecule has 2 aliphatic heterocycles. The molecule has 2 heterocycles. The van der Waals surface area contributed by atoms with Crippen LogP contribution in [0.15, 0.2) is 24.3 Å². The van der Waals surface area contributed by atoms with Gasteiger partial charge in [0.25, 0.3) is 0 Å². The van der Waals surface area contributed by atoms with Crippen molar-refractivity contribution in [3.05, 3.63) is 35.4 Å². The number of rotatable bonds is 0. The number of fused-ring (bicyclic) bond motifs is 4. The third-order valence-electron chi connectivity index (χ3n) is 6.46. The topological polar surface area (TPSA) is 71.6 Å². The van der Waals surface area contributed by atoms with Crippen molar-refractivity contribution in [2.75, 3.05) is 6.54 Å². The van der Waals surface area contributed by atoms with Gasteiger partial charge in [-0.25, -0.2) is 10.2 Å². The molecule has 1 saturated heterocycles. The first-order chi connectivity index (χ1) is 12.7. The Bertz CT molecular complexity index is 691. The van der Waals surface area contributed by atoms with Crippen molar-refractivity contribution >= 4 is 6.09 Å². The van der Waals surface area contributed by atoms with Gasteiger partial charge in [-0.3, -0.25) is 5.43 Å². The maximum atomic E-state index is 12.0. The minimum Gasteiger partial charge on any atom is -0.445 e. The summed E-state index contributed by atoms with van der Waals surface area (Å²) >= 11 is 0. The fourth-order valence-corrected chi connectivity index (χ4v) is 4.84. The number of nitrogens with one attached hydrogen (secondary N) is 3. The summed E-state index contributed by atoms with van der Waals surface area (Å²) < 4.78 is 11.9. The van der Waals surface area contributed by atoms with Gasteiger partial charge in [-0.15, -0.1) is 0 Å². The highest BCUT2D eigenvalue weighted by atomic mass is 16.5. The van der Waals surface area contributed by atoms with Crippen LogP contribution in [0.5, 0.6) is 0 Å². The molecule has 0 aromatic heterocycles. The second-order valence-electron chi connectivity index (χ2n) is 8.27. The molecule has 1 amide bonds. The lowest BCUT2D eigenvalue weighted by Gasteiger charge is -2.35. The lowest BCUT2D eigenvalue weighted by atomic mass is 9.78. The molecule has 1 aromatic carbocycles. The van der Waals surface area contributed by atoms with E-state index in [2.05, 4.69) is 34.4 Å². The zero-order valence-corrected chi connectivity index (χ0v) is 15.0. The van der Waals surface area contributed by atoms with Crippen molar-refractivity contribution in [1.82, 2.24) is 16.2 Å². The van der Waals surface area contributed by atoms with Gasteiger partial charge in [-0.05, 0) is 55.6 Å². The highest BCUT2D eigenvalue weighted by Crippen LogP contribution is 2.47. The lowest BCUT2D eigenvalue weighted by Crippen LogP contribution is -2.39. The molecule has 6 nitrogen and oxygen atoms in total. The van der Waals surface area contributed by atoms with Crippen LogP contribution in [0.3, 0.4) is 0 Å². The van der Waals surface area contributed by atoms with Gasteiger partial charge in [0.1, 0.15) is 6.61 Å². The van der Waals surface area contributed by atoms with E-state index in [0.29, 0.717) is 31.2 Å². The number of alkyl carbamates (subject to hydrolysis) is 1. The molecule has 4 bridgehead atoms. The molecule has 4 atom stereocenters. The monoisotopic (exact) mass is 357 g/mol. The normalized spacial score (nSPS) is 35.8. The van der Waals surface area contributed by atoms with E-state index in [0.717, 1.165) is 44.1 Å². The molecule has 5 rings (SSSR count).